The number of para-hydroxylation sites is 1. The molecule has 2 aliphatic heterocycles. The van der Waals surface area contributed by atoms with Gasteiger partial charge >= 0.3 is 5.97 Å². The molecular formula is C25H27N3O4S. The molecule has 5 rings (SSSR count). The Balaban J connectivity index is 1.57. The highest BCUT2D eigenvalue weighted by molar-refractivity contribution is 7.99. The summed E-state index contributed by atoms with van der Waals surface area (Å²) in [6.07, 6.45) is 3.20. The first-order valence-corrected chi connectivity index (χ1v) is 12.1. The number of piperidine rings is 1. The number of pyridine rings is 1. The van der Waals surface area contributed by atoms with Crippen LogP contribution in [0.4, 0.5) is 0 Å². The number of aromatic nitrogens is 2. The summed E-state index contributed by atoms with van der Waals surface area (Å²) in [5, 5.41) is 14.2. The molecule has 0 amide bonds. The van der Waals surface area contributed by atoms with E-state index in [-0.39, 0.29) is 41.4 Å². The Morgan fingerprint density at radius 3 is 2.79 bits per heavy atom. The molecule has 4 heterocycles. The van der Waals surface area contributed by atoms with Crippen molar-refractivity contribution in [1.82, 2.24) is 9.88 Å². The molecule has 1 saturated heterocycles. The van der Waals surface area contributed by atoms with E-state index >= 15 is 0 Å². The van der Waals surface area contributed by atoms with Gasteiger partial charge in [0.15, 0.2) is 6.20 Å². The number of hydrogen-bond donors (Lipinski definition) is 1. The van der Waals surface area contributed by atoms with Crippen molar-refractivity contribution in [3.63, 3.8) is 0 Å². The van der Waals surface area contributed by atoms with Crippen molar-refractivity contribution in [2.75, 3.05) is 13.7 Å². The second-order valence-corrected chi connectivity index (χ2v) is 10.1. The van der Waals surface area contributed by atoms with E-state index in [9.17, 15) is 14.8 Å². The van der Waals surface area contributed by atoms with Crippen LogP contribution in [-0.4, -0.2) is 40.7 Å². The fourth-order valence-electron chi connectivity index (χ4n) is 5.45. The highest BCUT2D eigenvalue weighted by Gasteiger charge is 2.46. The first kappa shape index (κ1) is 22.0. The van der Waals surface area contributed by atoms with Gasteiger partial charge in [-0.15, -0.1) is 0 Å². The molecule has 0 spiro atoms. The Morgan fingerprint density at radius 2 is 2.03 bits per heavy atom. The number of benzene rings is 1. The second-order valence-electron chi connectivity index (χ2n) is 8.91. The number of nitrogens with zero attached hydrogens (tertiary/aromatic N) is 2. The summed E-state index contributed by atoms with van der Waals surface area (Å²) in [5.41, 5.74) is 3.51. The van der Waals surface area contributed by atoms with Gasteiger partial charge in [0, 0.05) is 54.0 Å². The normalized spacial score (nSPS) is 24.8. The number of ether oxygens (including phenoxy) is 1. The highest BCUT2D eigenvalue weighted by Crippen LogP contribution is 2.48. The summed E-state index contributed by atoms with van der Waals surface area (Å²) in [6.45, 7) is 2.17. The maximum atomic E-state index is 12.6. The van der Waals surface area contributed by atoms with E-state index in [0.29, 0.717) is 18.0 Å². The van der Waals surface area contributed by atoms with Crippen molar-refractivity contribution in [1.29, 1.82) is 0 Å². The van der Waals surface area contributed by atoms with Crippen LogP contribution >= 0.6 is 11.8 Å². The number of carbonyl (C=O) groups excluding carboxylic acids is 2. The average Bonchev–Trinajstić information content (AvgIpc) is 3.19. The smallest absolute Gasteiger partial charge is 0.305 e. The quantitative estimate of drug-likeness (QED) is 0.352. The summed E-state index contributed by atoms with van der Waals surface area (Å²) in [5.74, 6) is -0.521. The topological polar surface area (TPSA) is 89.3 Å². The lowest BCUT2D eigenvalue weighted by atomic mass is 9.75. The molecule has 2 aromatic heterocycles. The van der Waals surface area contributed by atoms with Gasteiger partial charge in [-0.25, -0.2) is 0 Å². The molecule has 172 valence electrons. The number of Topliss-reactive ketones (excluding diaryl/α,β-unsaturated/α-hetero) is 1. The molecule has 0 saturated carbocycles. The molecule has 1 unspecified atom stereocenters. The molecule has 2 aliphatic rings. The number of rotatable bonds is 5. The van der Waals surface area contributed by atoms with E-state index in [1.165, 1.54) is 24.3 Å². The zero-order valence-electron chi connectivity index (χ0n) is 18.7. The molecule has 0 radical (unpaired) electrons. The van der Waals surface area contributed by atoms with Gasteiger partial charge in [-0.05, 0) is 48.7 Å². The number of methoxy groups -OCH3 is 1. The number of ketones is 1. The van der Waals surface area contributed by atoms with Crippen LogP contribution in [-0.2, 0) is 20.7 Å². The number of nitrogens with one attached hydrogen (secondary N) is 1. The number of fused-ring (bicyclic) bond motifs is 5. The zero-order valence-corrected chi connectivity index (χ0v) is 19.5. The molecule has 1 fully saturated rings. The molecule has 3 aromatic rings. The number of aromatic amines is 1. The third-order valence-electron chi connectivity index (χ3n) is 7.06. The van der Waals surface area contributed by atoms with Gasteiger partial charge in [-0.2, -0.15) is 4.73 Å². The van der Waals surface area contributed by atoms with Crippen LogP contribution in [0.25, 0.3) is 10.9 Å². The van der Waals surface area contributed by atoms with Crippen LogP contribution in [0.5, 0.6) is 0 Å². The van der Waals surface area contributed by atoms with Crippen molar-refractivity contribution in [2.24, 2.45) is 11.8 Å². The maximum absolute atomic E-state index is 12.6. The van der Waals surface area contributed by atoms with Crippen LogP contribution in [0.2, 0.25) is 0 Å². The van der Waals surface area contributed by atoms with Crippen LogP contribution in [0.1, 0.15) is 37.1 Å². The minimum absolute atomic E-state index is 0.00485. The lowest BCUT2D eigenvalue weighted by Gasteiger charge is -2.48. The predicted molar refractivity (Wildman–Crippen MR) is 125 cm³/mol. The van der Waals surface area contributed by atoms with Crippen LogP contribution in [0.15, 0.2) is 53.7 Å². The Kier molecular flexibility index (Phi) is 5.88. The molecule has 4 atom stereocenters. The number of esters is 1. The molecule has 1 N–H and O–H groups in total. The molecule has 8 heteroatoms. The van der Waals surface area contributed by atoms with Crippen molar-refractivity contribution < 1.29 is 19.1 Å². The molecule has 33 heavy (non-hydrogen) atoms. The maximum Gasteiger partial charge on any atom is 0.305 e. The number of hydrogen-bond acceptors (Lipinski definition) is 6. The second kappa shape index (κ2) is 8.83. The summed E-state index contributed by atoms with van der Waals surface area (Å²) < 4.78 is 5.83. The summed E-state index contributed by atoms with van der Waals surface area (Å²) in [6, 6.07) is 13.7. The first-order chi connectivity index (χ1) is 16.0. The SMILES string of the molecule is COC(=O)C[C@H]1C[C@H]2c3[nH]c4ccccc4c3CC(Sc3cccc[n+]3[O-])N2C[C@@H]1C(C)=O. The minimum Gasteiger partial charge on any atom is -0.618 e. The van der Waals surface area contributed by atoms with Crippen LogP contribution in [0, 0.1) is 17.0 Å². The van der Waals surface area contributed by atoms with E-state index in [2.05, 4.69) is 22.0 Å². The minimum atomic E-state index is -0.282. The molecule has 7 nitrogen and oxygen atoms in total. The number of H-pyrrole nitrogens is 1. The first-order valence-electron chi connectivity index (χ1n) is 11.2. The number of carbonyl (C=O) groups is 2. The van der Waals surface area contributed by atoms with Gasteiger partial charge in [0.25, 0.3) is 5.03 Å². The summed E-state index contributed by atoms with van der Waals surface area (Å²) in [7, 11) is 1.39. The van der Waals surface area contributed by atoms with Crippen molar-refractivity contribution in [2.45, 2.75) is 42.6 Å². The van der Waals surface area contributed by atoms with Gasteiger partial charge in [-0.1, -0.05) is 18.2 Å². The summed E-state index contributed by atoms with van der Waals surface area (Å²) >= 11 is 1.55. The fraction of sp³-hybridized carbons (Fsp3) is 0.400. The Labute approximate surface area is 196 Å². The van der Waals surface area contributed by atoms with Gasteiger partial charge in [0.2, 0.25) is 0 Å². The fourth-order valence-corrected chi connectivity index (χ4v) is 6.66. The number of thioether (sulfide) groups is 1. The van der Waals surface area contributed by atoms with E-state index in [0.717, 1.165) is 22.4 Å². The lowest BCUT2D eigenvalue weighted by molar-refractivity contribution is -0.645. The third-order valence-corrected chi connectivity index (χ3v) is 8.32. The molecule has 0 aliphatic carbocycles. The highest BCUT2D eigenvalue weighted by atomic mass is 32.2. The predicted octanol–water partition coefficient (Wildman–Crippen LogP) is 3.61. The van der Waals surface area contributed by atoms with Gasteiger partial charge in [0.05, 0.1) is 18.5 Å². The van der Waals surface area contributed by atoms with E-state index in [1.807, 2.05) is 24.3 Å². The summed E-state index contributed by atoms with van der Waals surface area (Å²) in [4.78, 5) is 30.7. The van der Waals surface area contributed by atoms with Crippen molar-refractivity contribution in [3.05, 3.63) is 65.1 Å². The average molecular weight is 466 g/mol. The largest absolute Gasteiger partial charge is 0.618 e. The van der Waals surface area contributed by atoms with Gasteiger partial charge < -0.3 is 14.9 Å². The molecular weight excluding hydrogens is 438 g/mol. The Morgan fingerprint density at radius 1 is 1.24 bits per heavy atom. The van der Waals surface area contributed by atoms with Gasteiger partial charge in [0.1, 0.15) is 5.78 Å². The standard InChI is InChI=1S/C25H27N3O4S/c1-15(29)19-14-27-21(11-16(19)12-24(30)32-2)25-18(17-7-3-4-8-20(17)26-25)13-23(27)33-22-9-5-6-10-28(22)31/h3-10,16,19,21,23,26H,11-14H2,1-2H3/t16-,19-,21+,23?/m1/s1. The van der Waals surface area contributed by atoms with Gasteiger partial charge in [-0.3, -0.25) is 14.5 Å². The zero-order chi connectivity index (χ0) is 23.1. The van der Waals surface area contributed by atoms with Crippen LogP contribution < -0.4 is 4.73 Å². The third kappa shape index (κ3) is 4.02. The van der Waals surface area contributed by atoms with E-state index < -0.39 is 0 Å². The molecule has 0 bridgehead atoms. The van der Waals surface area contributed by atoms with Crippen molar-refractivity contribution >= 4 is 34.4 Å². The lowest BCUT2D eigenvalue weighted by Crippen LogP contribution is -2.52. The Hall–Kier alpha value is -2.84. The Bertz CT molecular complexity index is 1210. The van der Waals surface area contributed by atoms with E-state index in [4.69, 9.17) is 4.74 Å². The van der Waals surface area contributed by atoms with Crippen molar-refractivity contribution in [3.8, 4) is 0 Å². The monoisotopic (exact) mass is 465 g/mol. The van der Waals surface area contributed by atoms with E-state index in [1.54, 1.807) is 24.8 Å². The molecule has 1 aromatic carbocycles. The van der Waals surface area contributed by atoms with Crippen LogP contribution in [0.3, 0.4) is 0 Å².